The standard InChI is InChI=1S/C17H25FN4O/c1-4-16(23)22-8-7-14(11-22)21-17(19-3)20-10-13-6-5-12(2)15(18)9-13/h5-6,9,14H,4,7-8,10-11H2,1-3H3,(H2,19,20,21). The Morgan fingerprint density at radius 3 is 2.91 bits per heavy atom. The summed E-state index contributed by atoms with van der Waals surface area (Å²) in [5.74, 6) is 0.658. The van der Waals surface area contributed by atoms with E-state index in [-0.39, 0.29) is 17.8 Å². The van der Waals surface area contributed by atoms with Gasteiger partial charge in [-0.3, -0.25) is 9.79 Å². The van der Waals surface area contributed by atoms with Gasteiger partial charge in [0.1, 0.15) is 5.82 Å². The molecule has 1 aromatic carbocycles. The lowest BCUT2D eigenvalue weighted by molar-refractivity contribution is -0.129. The molecule has 0 aromatic heterocycles. The molecule has 1 unspecified atom stereocenters. The maximum Gasteiger partial charge on any atom is 0.222 e. The summed E-state index contributed by atoms with van der Waals surface area (Å²) < 4.78 is 13.6. The number of aliphatic imine (C=N–C) groups is 1. The van der Waals surface area contributed by atoms with Gasteiger partial charge in [0.25, 0.3) is 0 Å². The van der Waals surface area contributed by atoms with E-state index in [2.05, 4.69) is 15.6 Å². The van der Waals surface area contributed by atoms with Crippen LogP contribution in [0.4, 0.5) is 4.39 Å². The van der Waals surface area contributed by atoms with E-state index in [4.69, 9.17) is 0 Å². The highest BCUT2D eigenvalue weighted by molar-refractivity contribution is 5.80. The molecule has 0 spiro atoms. The summed E-state index contributed by atoms with van der Waals surface area (Å²) in [6.45, 7) is 5.61. The number of carbonyl (C=O) groups excluding carboxylic acids is 1. The summed E-state index contributed by atoms with van der Waals surface area (Å²) in [5, 5.41) is 6.51. The number of amides is 1. The van der Waals surface area contributed by atoms with Gasteiger partial charge in [0, 0.05) is 39.1 Å². The van der Waals surface area contributed by atoms with Gasteiger partial charge >= 0.3 is 0 Å². The summed E-state index contributed by atoms with van der Waals surface area (Å²) in [7, 11) is 1.70. The Bertz CT molecular complexity index is 588. The van der Waals surface area contributed by atoms with Crippen molar-refractivity contribution in [1.82, 2.24) is 15.5 Å². The number of nitrogens with zero attached hydrogens (tertiary/aromatic N) is 2. The highest BCUT2D eigenvalue weighted by Crippen LogP contribution is 2.11. The van der Waals surface area contributed by atoms with Crippen molar-refractivity contribution in [2.45, 2.75) is 39.3 Å². The first-order valence-electron chi connectivity index (χ1n) is 8.03. The van der Waals surface area contributed by atoms with E-state index in [1.54, 1.807) is 20.0 Å². The zero-order valence-corrected chi connectivity index (χ0v) is 14.0. The fraction of sp³-hybridized carbons (Fsp3) is 0.529. The monoisotopic (exact) mass is 320 g/mol. The van der Waals surface area contributed by atoms with Crippen LogP contribution in [0.1, 0.15) is 30.9 Å². The molecule has 5 nitrogen and oxygen atoms in total. The van der Waals surface area contributed by atoms with Crippen molar-refractivity contribution in [1.29, 1.82) is 0 Å². The number of halogens is 1. The summed E-state index contributed by atoms with van der Waals surface area (Å²) in [4.78, 5) is 17.8. The summed E-state index contributed by atoms with van der Waals surface area (Å²) in [6.07, 6.45) is 1.45. The predicted molar refractivity (Wildman–Crippen MR) is 89.7 cm³/mol. The highest BCUT2D eigenvalue weighted by Gasteiger charge is 2.25. The Kier molecular flexibility index (Phi) is 5.96. The van der Waals surface area contributed by atoms with Crippen molar-refractivity contribution in [2.24, 2.45) is 4.99 Å². The van der Waals surface area contributed by atoms with Gasteiger partial charge in [0.2, 0.25) is 5.91 Å². The Morgan fingerprint density at radius 2 is 2.26 bits per heavy atom. The second kappa shape index (κ2) is 7.94. The first-order chi connectivity index (χ1) is 11.0. The van der Waals surface area contributed by atoms with Crippen molar-refractivity contribution in [3.05, 3.63) is 35.1 Å². The van der Waals surface area contributed by atoms with Gasteiger partial charge in [-0.25, -0.2) is 4.39 Å². The maximum atomic E-state index is 13.6. The lowest BCUT2D eigenvalue weighted by Crippen LogP contribution is -2.44. The van der Waals surface area contributed by atoms with Crippen molar-refractivity contribution in [3.8, 4) is 0 Å². The van der Waals surface area contributed by atoms with Crippen LogP contribution in [-0.4, -0.2) is 42.9 Å². The predicted octanol–water partition coefficient (Wildman–Crippen LogP) is 1.81. The van der Waals surface area contributed by atoms with Gasteiger partial charge in [-0.2, -0.15) is 0 Å². The minimum atomic E-state index is -0.197. The van der Waals surface area contributed by atoms with E-state index in [0.29, 0.717) is 31.0 Å². The lowest BCUT2D eigenvalue weighted by Gasteiger charge is -2.18. The molecule has 6 heteroatoms. The Balaban J connectivity index is 1.84. The molecule has 2 rings (SSSR count). The highest BCUT2D eigenvalue weighted by atomic mass is 19.1. The number of hydrogen-bond donors (Lipinski definition) is 2. The van der Waals surface area contributed by atoms with Gasteiger partial charge in [-0.1, -0.05) is 19.1 Å². The van der Waals surface area contributed by atoms with Crippen molar-refractivity contribution < 1.29 is 9.18 Å². The number of rotatable bonds is 4. The fourth-order valence-corrected chi connectivity index (χ4v) is 2.65. The minimum absolute atomic E-state index is 0.187. The molecule has 0 saturated carbocycles. The summed E-state index contributed by atoms with van der Waals surface area (Å²) >= 11 is 0. The third-order valence-electron chi connectivity index (χ3n) is 4.10. The van der Waals surface area contributed by atoms with Crippen LogP contribution in [0.3, 0.4) is 0 Å². The summed E-state index contributed by atoms with van der Waals surface area (Å²) in [5.41, 5.74) is 1.51. The third-order valence-corrected chi connectivity index (χ3v) is 4.10. The van der Waals surface area contributed by atoms with Gasteiger partial charge in [-0.05, 0) is 30.5 Å². The number of hydrogen-bond acceptors (Lipinski definition) is 2. The van der Waals surface area contributed by atoms with Gasteiger partial charge in [0.15, 0.2) is 5.96 Å². The molecule has 0 radical (unpaired) electrons. The smallest absolute Gasteiger partial charge is 0.222 e. The SMILES string of the molecule is CCC(=O)N1CCC(NC(=NC)NCc2ccc(C)c(F)c2)C1. The molecule has 1 fully saturated rings. The molecule has 1 aliphatic rings. The molecule has 23 heavy (non-hydrogen) atoms. The molecule has 126 valence electrons. The second-order valence-corrected chi connectivity index (χ2v) is 5.83. The van der Waals surface area contributed by atoms with Crippen LogP contribution in [0.25, 0.3) is 0 Å². The molecule has 1 atom stereocenters. The van der Waals surface area contributed by atoms with Crippen molar-refractivity contribution in [3.63, 3.8) is 0 Å². The van der Waals surface area contributed by atoms with Crippen LogP contribution in [0, 0.1) is 12.7 Å². The van der Waals surface area contributed by atoms with Crippen LogP contribution < -0.4 is 10.6 Å². The van der Waals surface area contributed by atoms with E-state index in [9.17, 15) is 9.18 Å². The van der Waals surface area contributed by atoms with Crippen LogP contribution in [-0.2, 0) is 11.3 Å². The van der Waals surface area contributed by atoms with E-state index in [1.165, 1.54) is 6.07 Å². The van der Waals surface area contributed by atoms with Crippen molar-refractivity contribution >= 4 is 11.9 Å². The third kappa shape index (κ3) is 4.68. The summed E-state index contributed by atoms with van der Waals surface area (Å²) in [6, 6.07) is 5.41. The van der Waals surface area contributed by atoms with E-state index in [1.807, 2.05) is 17.9 Å². The number of guanidine groups is 1. The molecular weight excluding hydrogens is 295 g/mol. The van der Waals surface area contributed by atoms with E-state index < -0.39 is 0 Å². The number of carbonyl (C=O) groups is 1. The van der Waals surface area contributed by atoms with Crippen LogP contribution >= 0.6 is 0 Å². The average Bonchev–Trinajstić information content (AvgIpc) is 3.02. The van der Waals surface area contributed by atoms with Crippen LogP contribution in [0.5, 0.6) is 0 Å². The van der Waals surface area contributed by atoms with E-state index >= 15 is 0 Å². The zero-order chi connectivity index (χ0) is 16.8. The Morgan fingerprint density at radius 1 is 1.48 bits per heavy atom. The quantitative estimate of drug-likeness (QED) is 0.657. The zero-order valence-electron chi connectivity index (χ0n) is 14.0. The van der Waals surface area contributed by atoms with Crippen molar-refractivity contribution in [2.75, 3.05) is 20.1 Å². The first-order valence-corrected chi connectivity index (χ1v) is 8.03. The molecular formula is C17H25FN4O. The molecule has 0 bridgehead atoms. The number of benzene rings is 1. The van der Waals surface area contributed by atoms with Crippen LogP contribution in [0.2, 0.25) is 0 Å². The minimum Gasteiger partial charge on any atom is -0.352 e. The number of likely N-dealkylation sites (tertiary alicyclic amines) is 1. The van der Waals surface area contributed by atoms with Gasteiger partial charge in [0.05, 0.1) is 0 Å². The second-order valence-electron chi connectivity index (χ2n) is 5.83. The molecule has 1 heterocycles. The van der Waals surface area contributed by atoms with Gasteiger partial charge < -0.3 is 15.5 Å². The fourth-order valence-electron chi connectivity index (χ4n) is 2.65. The average molecular weight is 320 g/mol. The largest absolute Gasteiger partial charge is 0.352 e. The topological polar surface area (TPSA) is 56.7 Å². The molecule has 0 aliphatic carbocycles. The maximum absolute atomic E-state index is 13.6. The Hall–Kier alpha value is -2.11. The molecule has 1 saturated heterocycles. The molecule has 1 amide bonds. The number of nitrogens with one attached hydrogen (secondary N) is 2. The van der Waals surface area contributed by atoms with Gasteiger partial charge in [-0.15, -0.1) is 0 Å². The normalized spacial score (nSPS) is 18.2. The van der Waals surface area contributed by atoms with Crippen LogP contribution in [0.15, 0.2) is 23.2 Å². The lowest BCUT2D eigenvalue weighted by atomic mass is 10.1. The van der Waals surface area contributed by atoms with E-state index in [0.717, 1.165) is 18.5 Å². The first kappa shape index (κ1) is 17.2. The molecule has 2 N–H and O–H groups in total. The number of aryl methyl sites for hydroxylation is 1. The Labute approximate surface area is 137 Å². The molecule has 1 aliphatic heterocycles. The molecule has 1 aromatic rings.